The standard InChI is InChI=1S/C21H25Cl2NO3/c1-2-26-20(25)14-6-5-9-24(13-14)21-8-4-3-7-16(21)10-15-11-17(22)12-18(23)19(15)27-21/h10-12,14H,2-9,13H2,1H3. The number of likely N-dealkylation sites (tertiary alicyclic amines) is 1. The number of fused-ring (bicyclic) bond motifs is 2. The zero-order chi connectivity index (χ0) is 19.0. The van der Waals surface area contributed by atoms with Crippen molar-refractivity contribution in [3.63, 3.8) is 0 Å². The molecule has 2 atom stereocenters. The lowest BCUT2D eigenvalue weighted by atomic mass is 9.80. The molecule has 146 valence electrons. The van der Waals surface area contributed by atoms with Gasteiger partial charge in [-0.15, -0.1) is 0 Å². The van der Waals surface area contributed by atoms with Crippen LogP contribution in [-0.4, -0.2) is 36.3 Å². The number of carbonyl (C=O) groups excluding carboxylic acids is 1. The van der Waals surface area contributed by atoms with Crippen molar-refractivity contribution in [2.75, 3.05) is 19.7 Å². The van der Waals surface area contributed by atoms with E-state index in [1.54, 1.807) is 6.07 Å². The molecule has 1 saturated heterocycles. The van der Waals surface area contributed by atoms with Crippen LogP contribution in [0, 0.1) is 5.92 Å². The van der Waals surface area contributed by atoms with Gasteiger partial charge in [0.15, 0.2) is 5.72 Å². The number of esters is 1. The van der Waals surface area contributed by atoms with E-state index in [9.17, 15) is 4.79 Å². The van der Waals surface area contributed by atoms with Crippen molar-refractivity contribution in [2.24, 2.45) is 5.92 Å². The summed E-state index contributed by atoms with van der Waals surface area (Å²) in [6, 6.07) is 3.64. The second kappa shape index (κ2) is 7.65. The molecule has 1 aliphatic carbocycles. The Labute approximate surface area is 170 Å². The average Bonchev–Trinajstić information content (AvgIpc) is 2.67. The number of hydrogen-bond donors (Lipinski definition) is 0. The second-order valence-corrected chi connectivity index (χ2v) is 8.45. The molecule has 1 aromatic carbocycles. The first-order valence-electron chi connectivity index (χ1n) is 9.84. The highest BCUT2D eigenvalue weighted by molar-refractivity contribution is 6.36. The molecule has 2 heterocycles. The number of hydrogen-bond acceptors (Lipinski definition) is 4. The predicted octanol–water partition coefficient (Wildman–Crippen LogP) is 5.31. The molecule has 27 heavy (non-hydrogen) atoms. The molecule has 1 saturated carbocycles. The Balaban J connectivity index is 1.68. The van der Waals surface area contributed by atoms with Gasteiger partial charge in [0.1, 0.15) is 5.75 Å². The molecule has 4 nitrogen and oxygen atoms in total. The van der Waals surface area contributed by atoms with E-state index >= 15 is 0 Å². The number of nitrogens with zero attached hydrogens (tertiary/aromatic N) is 1. The van der Waals surface area contributed by atoms with E-state index in [4.69, 9.17) is 32.7 Å². The van der Waals surface area contributed by atoms with Crippen LogP contribution < -0.4 is 4.74 Å². The van der Waals surface area contributed by atoms with Crippen molar-refractivity contribution in [2.45, 2.75) is 51.2 Å². The Morgan fingerprint density at radius 2 is 2.19 bits per heavy atom. The molecule has 1 aromatic rings. The highest BCUT2D eigenvalue weighted by Crippen LogP contribution is 2.49. The largest absolute Gasteiger partial charge is 0.466 e. The molecule has 6 heteroatoms. The van der Waals surface area contributed by atoms with Gasteiger partial charge in [0.25, 0.3) is 0 Å². The predicted molar refractivity (Wildman–Crippen MR) is 107 cm³/mol. The van der Waals surface area contributed by atoms with Crippen LogP contribution in [0.1, 0.15) is 51.0 Å². The SMILES string of the molecule is CCOC(=O)C1CCCN(C23CCCCC2=Cc2cc(Cl)cc(Cl)c2O3)C1. The van der Waals surface area contributed by atoms with E-state index in [1.807, 2.05) is 13.0 Å². The summed E-state index contributed by atoms with van der Waals surface area (Å²) in [5, 5.41) is 1.15. The summed E-state index contributed by atoms with van der Waals surface area (Å²) in [6.45, 7) is 3.85. The quantitative estimate of drug-likeness (QED) is 0.633. The van der Waals surface area contributed by atoms with E-state index in [-0.39, 0.29) is 11.9 Å². The van der Waals surface area contributed by atoms with Gasteiger partial charge in [0.05, 0.1) is 17.5 Å². The highest BCUT2D eigenvalue weighted by atomic mass is 35.5. The fourth-order valence-electron chi connectivity index (χ4n) is 4.67. The van der Waals surface area contributed by atoms with Crippen LogP contribution in [0.4, 0.5) is 0 Å². The number of carbonyl (C=O) groups is 1. The van der Waals surface area contributed by atoms with Crippen LogP contribution >= 0.6 is 23.2 Å². The number of benzene rings is 1. The molecule has 0 aromatic heterocycles. The van der Waals surface area contributed by atoms with Gasteiger partial charge < -0.3 is 9.47 Å². The topological polar surface area (TPSA) is 38.8 Å². The number of rotatable bonds is 3. The Morgan fingerprint density at radius 1 is 1.33 bits per heavy atom. The molecule has 4 rings (SSSR count). The lowest BCUT2D eigenvalue weighted by Crippen LogP contribution is -2.60. The van der Waals surface area contributed by atoms with E-state index in [1.165, 1.54) is 5.57 Å². The lowest BCUT2D eigenvalue weighted by Gasteiger charge is -2.51. The van der Waals surface area contributed by atoms with E-state index in [2.05, 4.69) is 11.0 Å². The zero-order valence-corrected chi connectivity index (χ0v) is 17.1. The minimum absolute atomic E-state index is 0.0954. The summed E-state index contributed by atoms with van der Waals surface area (Å²) in [7, 11) is 0. The van der Waals surface area contributed by atoms with Crippen molar-refractivity contribution in [3.8, 4) is 5.75 Å². The minimum atomic E-state index is -0.506. The van der Waals surface area contributed by atoms with Gasteiger partial charge >= 0.3 is 5.97 Å². The first-order chi connectivity index (χ1) is 13.0. The summed E-state index contributed by atoms with van der Waals surface area (Å²) in [4.78, 5) is 14.7. The Bertz CT molecular complexity index is 779. The summed E-state index contributed by atoms with van der Waals surface area (Å²) >= 11 is 12.7. The maximum atomic E-state index is 12.3. The molecule has 0 bridgehead atoms. The van der Waals surface area contributed by atoms with Crippen LogP contribution in [0.2, 0.25) is 10.0 Å². The smallest absolute Gasteiger partial charge is 0.310 e. The maximum Gasteiger partial charge on any atom is 0.310 e. The third kappa shape index (κ3) is 3.48. The third-order valence-electron chi connectivity index (χ3n) is 5.90. The van der Waals surface area contributed by atoms with Crippen LogP contribution in [0.5, 0.6) is 5.75 Å². The second-order valence-electron chi connectivity index (χ2n) is 7.61. The van der Waals surface area contributed by atoms with Gasteiger partial charge in [-0.3, -0.25) is 9.69 Å². The molecule has 2 unspecified atom stereocenters. The summed E-state index contributed by atoms with van der Waals surface area (Å²) in [5.74, 6) is 0.507. The number of piperidine rings is 1. The van der Waals surface area contributed by atoms with E-state index in [0.717, 1.165) is 50.6 Å². The van der Waals surface area contributed by atoms with Gasteiger partial charge in [-0.2, -0.15) is 0 Å². The van der Waals surface area contributed by atoms with Crippen molar-refractivity contribution >= 4 is 35.2 Å². The van der Waals surface area contributed by atoms with Crippen LogP contribution in [-0.2, 0) is 9.53 Å². The van der Waals surface area contributed by atoms with E-state index in [0.29, 0.717) is 28.9 Å². The molecular formula is C21H25Cl2NO3. The summed E-state index contributed by atoms with van der Waals surface area (Å²) in [6.07, 6.45) is 8.18. The lowest BCUT2D eigenvalue weighted by molar-refractivity contribution is -0.154. The van der Waals surface area contributed by atoms with Gasteiger partial charge in [-0.25, -0.2) is 0 Å². The van der Waals surface area contributed by atoms with Crippen molar-refractivity contribution in [3.05, 3.63) is 33.3 Å². The minimum Gasteiger partial charge on any atom is -0.466 e. The van der Waals surface area contributed by atoms with Gasteiger partial charge in [0.2, 0.25) is 0 Å². The molecule has 2 aliphatic heterocycles. The van der Waals surface area contributed by atoms with Crippen molar-refractivity contribution in [1.29, 1.82) is 0 Å². The van der Waals surface area contributed by atoms with Gasteiger partial charge in [0, 0.05) is 30.1 Å². The molecule has 0 amide bonds. The summed E-state index contributed by atoms with van der Waals surface area (Å²) in [5.41, 5.74) is 1.71. The normalized spacial score (nSPS) is 27.8. The Kier molecular flexibility index (Phi) is 5.41. The van der Waals surface area contributed by atoms with Gasteiger partial charge in [-0.05, 0) is 62.8 Å². The van der Waals surface area contributed by atoms with E-state index < -0.39 is 5.72 Å². The Morgan fingerprint density at radius 3 is 3.00 bits per heavy atom. The monoisotopic (exact) mass is 409 g/mol. The molecule has 0 radical (unpaired) electrons. The highest BCUT2D eigenvalue weighted by Gasteiger charge is 2.48. The van der Waals surface area contributed by atoms with Crippen LogP contribution in [0.3, 0.4) is 0 Å². The van der Waals surface area contributed by atoms with Crippen molar-refractivity contribution < 1.29 is 14.3 Å². The first-order valence-corrected chi connectivity index (χ1v) is 10.6. The first kappa shape index (κ1) is 19.1. The number of halogens is 2. The molecule has 0 spiro atoms. The van der Waals surface area contributed by atoms with Crippen LogP contribution in [0.25, 0.3) is 6.08 Å². The third-order valence-corrected chi connectivity index (χ3v) is 6.40. The average molecular weight is 410 g/mol. The maximum absolute atomic E-state index is 12.3. The summed E-state index contributed by atoms with van der Waals surface area (Å²) < 4.78 is 11.9. The van der Waals surface area contributed by atoms with Crippen LogP contribution in [0.15, 0.2) is 17.7 Å². The van der Waals surface area contributed by atoms with Crippen molar-refractivity contribution in [1.82, 2.24) is 4.90 Å². The molecule has 0 N–H and O–H groups in total. The Hall–Kier alpha value is -1.23. The fraction of sp³-hybridized carbons (Fsp3) is 0.571. The zero-order valence-electron chi connectivity index (χ0n) is 15.6. The van der Waals surface area contributed by atoms with Gasteiger partial charge in [-0.1, -0.05) is 23.2 Å². The molecular weight excluding hydrogens is 385 g/mol. The molecule has 3 aliphatic rings. The fourth-order valence-corrected chi connectivity index (χ4v) is 5.22. The number of ether oxygens (including phenoxy) is 2. The molecule has 2 fully saturated rings.